The van der Waals surface area contributed by atoms with Gasteiger partial charge in [0.05, 0.1) is 23.8 Å². The van der Waals surface area contributed by atoms with Crippen LogP contribution in [-0.4, -0.2) is 34.9 Å². The van der Waals surface area contributed by atoms with Crippen molar-refractivity contribution in [2.24, 2.45) is 0 Å². The topological polar surface area (TPSA) is 54.4 Å². The van der Waals surface area contributed by atoms with Crippen molar-refractivity contribution in [1.82, 2.24) is 10.3 Å². The van der Waals surface area contributed by atoms with Crippen molar-refractivity contribution < 1.29 is 9.84 Å². The lowest BCUT2D eigenvalue weighted by molar-refractivity contribution is -0.0479. The summed E-state index contributed by atoms with van der Waals surface area (Å²) in [6.45, 7) is 7.46. The largest absolute Gasteiger partial charge is 0.389 e. The lowest BCUT2D eigenvalue weighted by Crippen LogP contribution is -2.33. The Labute approximate surface area is 126 Å². The van der Waals surface area contributed by atoms with Crippen molar-refractivity contribution in [3.8, 4) is 0 Å². The molecule has 0 radical (unpaired) electrons. The highest BCUT2D eigenvalue weighted by molar-refractivity contribution is 5.81. The van der Waals surface area contributed by atoms with Crippen LogP contribution in [0.25, 0.3) is 10.9 Å². The number of pyridine rings is 1. The molecule has 4 nitrogen and oxygen atoms in total. The van der Waals surface area contributed by atoms with Crippen LogP contribution < -0.4 is 5.32 Å². The Bertz CT molecular complexity index is 573. The molecule has 1 aromatic heterocycles. The SMILES string of the molecule is CC(C)(C)OCC(O)CNCc1cccc2cccnc12. The molecule has 0 aliphatic carbocycles. The van der Waals surface area contributed by atoms with Gasteiger partial charge in [-0.2, -0.15) is 0 Å². The van der Waals surface area contributed by atoms with Crippen LogP contribution >= 0.6 is 0 Å². The number of nitrogens with zero attached hydrogens (tertiary/aromatic N) is 1. The summed E-state index contributed by atoms with van der Waals surface area (Å²) in [4.78, 5) is 4.42. The van der Waals surface area contributed by atoms with Crippen LogP contribution in [0.2, 0.25) is 0 Å². The highest BCUT2D eigenvalue weighted by atomic mass is 16.5. The first kappa shape index (κ1) is 15.9. The highest BCUT2D eigenvalue weighted by Gasteiger charge is 2.13. The van der Waals surface area contributed by atoms with Gasteiger partial charge in [-0.05, 0) is 32.4 Å². The smallest absolute Gasteiger partial charge is 0.0898 e. The zero-order chi connectivity index (χ0) is 15.3. The number of fused-ring (bicyclic) bond motifs is 1. The molecule has 0 aliphatic heterocycles. The number of aliphatic hydroxyl groups excluding tert-OH is 1. The number of rotatable bonds is 6. The van der Waals surface area contributed by atoms with Crippen molar-refractivity contribution >= 4 is 10.9 Å². The van der Waals surface area contributed by atoms with Gasteiger partial charge in [0.2, 0.25) is 0 Å². The molecule has 1 heterocycles. The van der Waals surface area contributed by atoms with Gasteiger partial charge in [0.15, 0.2) is 0 Å². The molecule has 21 heavy (non-hydrogen) atoms. The van der Waals surface area contributed by atoms with E-state index in [4.69, 9.17) is 4.74 Å². The van der Waals surface area contributed by atoms with Crippen molar-refractivity contribution in [2.45, 2.75) is 39.0 Å². The van der Waals surface area contributed by atoms with Crippen molar-refractivity contribution in [2.75, 3.05) is 13.2 Å². The average Bonchev–Trinajstić information content (AvgIpc) is 2.45. The summed E-state index contributed by atoms with van der Waals surface area (Å²) < 4.78 is 5.56. The molecule has 0 aliphatic rings. The van der Waals surface area contributed by atoms with Gasteiger partial charge in [0, 0.05) is 24.7 Å². The van der Waals surface area contributed by atoms with Crippen molar-refractivity contribution in [1.29, 1.82) is 0 Å². The third kappa shape index (κ3) is 5.08. The Morgan fingerprint density at radius 2 is 2.00 bits per heavy atom. The number of benzene rings is 1. The molecule has 0 amide bonds. The summed E-state index contributed by atoms with van der Waals surface area (Å²) in [5.74, 6) is 0. The summed E-state index contributed by atoms with van der Waals surface area (Å²) in [7, 11) is 0. The van der Waals surface area contributed by atoms with E-state index in [1.54, 1.807) is 6.20 Å². The highest BCUT2D eigenvalue weighted by Crippen LogP contribution is 2.15. The molecule has 0 bridgehead atoms. The maximum Gasteiger partial charge on any atom is 0.0898 e. The van der Waals surface area contributed by atoms with E-state index in [-0.39, 0.29) is 5.60 Å². The molecule has 2 rings (SSSR count). The van der Waals surface area contributed by atoms with Gasteiger partial charge >= 0.3 is 0 Å². The van der Waals surface area contributed by atoms with E-state index in [9.17, 15) is 5.11 Å². The van der Waals surface area contributed by atoms with Crippen molar-refractivity contribution in [3.63, 3.8) is 0 Å². The van der Waals surface area contributed by atoms with Crippen LogP contribution in [0.3, 0.4) is 0 Å². The van der Waals surface area contributed by atoms with Crippen LogP contribution in [0.1, 0.15) is 26.3 Å². The molecule has 4 heteroatoms. The number of nitrogens with one attached hydrogen (secondary N) is 1. The van der Waals surface area contributed by atoms with Crippen LogP contribution in [0.4, 0.5) is 0 Å². The van der Waals surface area contributed by atoms with Gasteiger partial charge in [-0.15, -0.1) is 0 Å². The monoisotopic (exact) mass is 288 g/mol. The molecule has 2 aromatic rings. The van der Waals surface area contributed by atoms with Crippen LogP contribution in [0, 0.1) is 0 Å². The molecule has 1 unspecified atom stereocenters. The maximum atomic E-state index is 9.90. The lowest BCUT2D eigenvalue weighted by atomic mass is 10.1. The van der Waals surface area contributed by atoms with Crippen LogP contribution in [0.5, 0.6) is 0 Å². The predicted molar refractivity (Wildman–Crippen MR) is 85.2 cm³/mol. The molecule has 0 fully saturated rings. The predicted octanol–water partition coefficient (Wildman–Crippen LogP) is 2.50. The Morgan fingerprint density at radius 3 is 2.76 bits per heavy atom. The first-order valence-corrected chi connectivity index (χ1v) is 7.31. The van der Waals surface area contributed by atoms with E-state index in [1.165, 1.54) is 0 Å². The van der Waals surface area contributed by atoms with E-state index in [0.29, 0.717) is 19.7 Å². The standard InChI is InChI=1S/C17H24N2O2/c1-17(2,3)21-12-15(20)11-18-10-14-7-4-6-13-8-5-9-19-16(13)14/h4-9,15,18,20H,10-12H2,1-3H3. The van der Waals surface area contributed by atoms with E-state index in [0.717, 1.165) is 16.5 Å². The normalized spacial score (nSPS) is 13.5. The van der Waals surface area contributed by atoms with Gasteiger partial charge in [0.1, 0.15) is 0 Å². The second-order valence-corrected chi connectivity index (χ2v) is 6.20. The number of hydrogen-bond donors (Lipinski definition) is 2. The number of aromatic nitrogens is 1. The quantitative estimate of drug-likeness (QED) is 0.857. The minimum atomic E-state index is -0.507. The Kier molecular flexibility index (Phi) is 5.28. The zero-order valence-electron chi connectivity index (χ0n) is 13.0. The molecular weight excluding hydrogens is 264 g/mol. The third-order valence-corrected chi connectivity index (χ3v) is 3.12. The molecular formula is C17H24N2O2. The summed E-state index contributed by atoms with van der Waals surface area (Å²) in [5, 5.41) is 14.3. The zero-order valence-corrected chi connectivity index (χ0v) is 13.0. The number of hydrogen-bond acceptors (Lipinski definition) is 4. The van der Waals surface area contributed by atoms with E-state index in [1.807, 2.05) is 32.9 Å². The number of para-hydroxylation sites is 1. The van der Waals surface area contributed by atoms with Crippen LogP contribution in [-0.2, 0) is 11.3 Å². The molecule has 114 valence electrons. The fourth-order valence-electron chi connectivity index (χ4n) is 2.09. The van der Waals surface area contributed by atoms with Gasteiger partial charge in [-0.1, -0.05) is 24.3 Å². The average molecular weight is 288 g/mol. The second kappa shape index (κ2) is 6.98. The van der Waals surface area contributed by atoms with Crippen LogP contribution in [0.15, 0.2) is 36.5 Å². The Morgan fingerprint density at radius 1 is 1.24 bits per heavy atom. The van der Waals surface area contributed by atoms with E-state index >= 15 is 0 Å². The van der Waals surface area contributed by atoms with Crippen molar-refractivity contribution in [3.05, 3.63) is 42.1 Å². The fraction of sp³-hybridized carbons (Fsp3) is 0.471. The Hall–Kier alpha value is -1.49. The summed E-state index contributed by atoms with van der Waals surface area (Å²) in [5.41, 5.74) is 1.92. The minimum Gasteiger partial charge on any atom is -0.389 e. The fourth-order valence-corrected chi connectivity index (χ4v) is 2.09. The van der Waals surface area contributed by atoms with E-state index in [2.05, 4.69) is 28.5 Å². The first-order chi connectivity index (χ1) is 9.96. The molecule has 1 aromatic carbocycles. The second-order valence-electron chi connectivity index (χ2n) is 6.20. The molecule has 0 spiro atoms. The van der Waals surface area contributed by atoms with E-state index < -0.39 is 6.10 Å². The summed E-state index contributed by atoms with van der Waals surface area (Å²) in [6.07, 6.45) is 1.30. The summed E-state index contributed by atoms with van der Waals surface area (Å²) in [6, 6.07) is 10.1. The summed E-state index contributed by atoms with van der Waals surface area (Å²) >= 11 is 0. The lowest BCUT2D eigenvalue weighted by Gasteiger charge is -2.22. The first-order valence-electron chi connectivity index (χ1n) is 7.31. The van der Waals surface area contributed by atoms with Gasteiger partial charge < -0.3 is 15.2 Å². The van der Waals surface area contributed by atoms with Gasteiger partial charge in [-0.25, -0.2) is 0 Å². The number of ether oxygens (including phenoxy) is 1. The molecule has 1 atom stereocenters. The van der Waals surface area contributed by atoms with Gasteiger partial charge in [-0.3, -0.25) is 4.98 Å². The molecule has 0 saturated heterocycles. The Balaban J connectivity index is 1.85. The third-order valence-electron chi connectivity index (χ3n) is 3.12. The molecule has 2 N–H and O–H groups in total. The van der Waals surface area contributed by atoms with Gasteiger partial charge in [0.25, 0.3) is 0 Å². The number of aliphatic hydroxyl groups is 1. The maximum absolute atomic E-state index is 9.90. The minimum absolute atomic E-state index is 0.222. The molecule has 0 saturated carbocycles.